The molecule has 2 aromatic rings. The quantitative estimate of drug-likeness (QED) is 0.670. The van der Waals surface area contributed by atoms with Crippen LogP contribution in [0.3, 0.4) is 0 Å². The summed E-state index contributed by atoms with van der Waals surface area (Å²) in [6.45, 7) is 13.5. The molecule has 0 saturated carbocycles. The summed E-state index contributed by atoms with van der Waals surface area (Å²) in [7, 11) is 0. The lowest BCUT2D eigenvalue weighted by atomic mass is 9.83. The molecule has 2 nitrogen and oxygen atoms in total. The standard InChI is InChI=1S/C15H22N2/c1-14(2,3)11-7-12-9-16-10-17(12)13(8-11)15(4,5)6/h7-10H,1-6H3. The van der Waals surface area contributed by atoms with Gasteiger partial charge in [0.2, 0.25) is 0 Å². The maximum absolute atomic E-state index is 4.26. The first-order valence-electron chi connectivity index (χ1n) is 6.17. The number of imidazole rings is 1. The lowest BCUT2D eigenvalue weighted by Crippen LogP contribution is -2.19. The lowest BCUT2D eigenvalue weighted by molar-refractivity contribution is 0.546. The molecule has 0 spiro atoms. The van der Waals surface area contributed by atoms with Crippen LogP contribution in [0.4, 0.5) is 0 Å². The van der Waals surface area contributed by atoms with Gasteiger partial charge in [-0.1, -0.05) is 41.5 Å². The monoisotopic (exact) mass is 230 g/mol. The smallest absolute Gasteiger partial charge is 0.0994 e. The molecule has 2 rings (SSSR count). The van der Waals surface area contributed by atoms with Gasteiger partial charge in [0.1, 0.15) is 0 Å². The minimum Gasteiger partial charge on any atom is -0.303 e. The number of hydrogen-bond donors (Lipinski definition) is 0. The van der Waals surface area contributed by atoms with Crippen LogP contribution in [-0.2, 0) is 10.8 Å². The number of pyridine rings is 1. The molecule has 0 fully saturated rings. The average molecular weight is 230 g/mol. The first-order chi connectivity index (χ1) is 7.69. The molecule has 0 unspecified atom stereocenters. The fourth-order valence-electron chi connectivity index (χ4n) is 2.04. The molecule has 92 valence electrons. The van der Waals surface area contributed by atoms with E-state index in [-0.39, 0.29) is 10.8 Å². The Morgan fingerprint density at radius 1 is 0.941 bits per heavy atom. The third-order valence-corrected chi connectivity index (χ3v) is 3.16. The molecule has 17 heavy (non-hydrogen) atoms. The van der Waals surface area contributed by atoms with Crippen molar-refractivity contribution in [2.24, 2.45) is 0 Å². The van der Waals surface area contributed by atoms with Crippen LogP contribution >= 0.6 is 0 Å². The Hall–Kier alpha value is -1.31. The normalized spacial score (nSPS) is 13.3. The second-order valence-electron chi connectivity index (χ2n) is 6.82. The molecule has 0 N–H and O–H groups in total. The van der Waals surface area contributed by atoms with Gasteiger partial charge in [0.15, 0.2) is 0 Å². The fourth-order valence-corrected chi connectivity index (χ4v) is 2.04. The van der Waals surface area contributed by atoms with Crippen molar-refractivity contribution < 1.29 is 0 Å². The average Bonchev–Trinajstić information content (AvgIpc) is 2.59. The molecule has 2 heterocycles. The topological polar surface area (TPSA) is 17.3 Å². The zero-order valence-electron chi connectivity index (χ0n) is 11.7. The Morgan fingerprint density at radius 2 is 1.59 bits per heavy atom. The highest BCUT2D eigenvalue weighted by Gasteiger charge is 2.22. The van der Waals surface area contributed by atoms with Gasteiger partial charge >= 0.3 is 0 Å². The van der Waals surface area contributed by atoms with Crippen LogP contribution in [0.1, 0.15) is 52.8 Å². The molecule has 0 aromatic carbocycles. The van der Waals surface area contributed by atoms with Crippen LogP contribution in [0.2, 0.25) is 0 Å². The molecule has 0 saturated heterocycles. The molecule has 0 bridgehead atoms. The maximum Gasteiger partial charge on any atom is 0.0994 e. The molecule has 0 aliphatic carbocycles. The van der Waals surface area contributed by atoms with Crippen LogP contribution in [0, 0.1) is 0 Å². The van der Waals surface area contributed by atoms with E-state index < -0.39 is 0 Å². The summed E-state index contributed by atoms with van der Waals surface area (Å²) in [5.74, 6) is 0. The number of nitrogens with zero attached hydrogens (tertiary/aromatic N) is 2. The third-order valence-electron chi connectivity index (χ3n) is 3.16. The van der Waals surface area contributed by atoms with Gasteiger partial charge in [-0.05, 0) is 23.1 Å². The van der Waals surface area contributed by atoms with E-state index >= 15 is 0 Å². The molecule has 0 radical (unpaired) electrons. The molecular weight excluding hydrogens is 208 g/mol. The summed E-state index contributed by atoms with van der Waals surface area (Å²) in [4.78, 5) is 4.26. The zero-order valence-corrected chi connectivity index (χ0v) is 11.7. The van der Waals surface area contributed by atoms with Crippen molar-refractivity contribution in [1.29, 1.82) is 0 Å². The van der Waals surface area contributed by atoms with Crippen molar-refractivity contribution in [3.63, 3.8) is 0 Å². The Kier molecular flexibility index (Phi) is 2.57. The van der Waals surface area contributed by atoms with Crippen LogP contribution in [0.15, 0.2) is 24.7 Å². The van der Waals surface area contributed by atoms with Crippen LogP contribution in [0.25, 0.3) is 5.52 Å². The van der Waals surface area contributed by atoms with Crippen molar-refractivity contribution in [3.05, 3.63) is 35.9 Å². The van der Waals surface area contributed by atoms with E-state index in [2.05, 4.69) is 63.1 Å². The van der Waals surface area contributed by atoms with E-state index in [0.717, 1.165) is 0 Å². The second-order valence-corrected chi connectivity index (χ2v) is 6.82. The summed E-state index contributed by atoms with van der Waals surface area (Å²) in [6.07, 6.45) is 3.84. The molecule has 0 aliphatic heterocycles. The van der Waals surface area contributed by atoms with Gasteiger partial charge in [-0.15, -0.1) is 0 Å². The van der Waals surface area contributed by atoms with Crippen LogP contribution < -0.4 is 0 Å². The van der Waals surface area contributed by atoms with Gasteiger partial charge in [-0.3, -0.25) is 0 Å². The molecule has 2 aromatic heterocycles. The molecule has 2 heteroatoms. The van der Waals surface area contributed by atoms with Crippen molar-refractivity contribution in [3.8, 4) is 0 Å². The molecule has 0 atom stereocenters. The van der Waals surface area contributed by atoms with Crippen molar-refractivity contribution >= 4 is 5.52 Å². The third kappa shape index (κ3) is 2.21. The number of rotatable bonds is 0. The minimum atomic E-state index is 0.125. The van der Waals surface area contributed by atoms with Gasteiger partial charge in [-0.2, -0.15) is 0 Å². The van der Waals surface area contributed by atoms with Gasteiger partial charge in [-0.25, -0.2) is 4.98 Å². The number of fused-ring (bicyclic) bond motifs is 1. The summed E-state index contributed by atoms with van der Waals surface area (Å²) in [6, 6.07) is 4.55. The van der Waals surface area contributed by atoms with E-state index in [1.165, 1.54) is 16.8 Å². The van der Waals surface area contributed by atoms with Crippen LogP contribution in [-0.4, -0.2) is 9.38 Å². The maximum atomic E-state index is 4.26. The highest BCUT2D eigenvalue weighted by Crippen LogP contribution is 2.30. The van der Waals surface area contributed by atoms with Gasteiger partial charge in [0, 0.05) is 11.1 Å². The summed E-state index contributed by atoms with van der Waals surface area (Å²) in [5.41, 5.74) is 4.17. The summed E-state index contributed by atoms with van der Waals surface area (Å²) < 4.78 is 2.19. The highest BCUT2D eigenvalue weighted by molar-refractivity contribution is 5.51. The summed E-state index contributed by atoms with van der Waals surface area (Å²) >= 11 is 0. The summed E-state index contributed by atoms with van der Waals surface area (Å²) in [5, 5.41) is 0. The Labute approximate surface area is 104 Å². The predicted molar refractivity (Wildman–Crippen MR) is 72.6 cm³/mol. The highest BCUT2D eigenvalue weighted by atomic mass is 15.0. The van der Waals surface area contributed by atoms with E-state index in [9.17, 15) is 0 Å². The Morgan fingerprint density at radius 3 is 2.12 bits per heavy atom. The molecular formula is C15H22N2. The van der Waals surface area contributed by atoms with E-state index in [1.807, 2.05) is 12.5 Å². The van der Waals surface area contributed by atoms with Crippen LogP contribution in [0.5, 0.6) is 0 Å². The van der Waals surface area contributed by atoms with Crippen molar-refractivity contribution in [2.45, 2.75) is 52.4 Å². The first kappa shape index (κ1) is 12.2. The number of hydrogen-bond acceptors (Lipinski definition) is 1. The SMILES string of the molecule is CC(C)(C)c1cc(C(C)(C)C)n2cncc2c1. The lowest BCUT2D eigenvalue weighted by Gasteiger charge is -2.26. The first-order valence-corrected chi connectivity index (χ1v) is 6.17. The second kappa shape index (κ2) is 3.59. The fraction of sp³-hybridized carbons (Fsp3) is 0.533. The van der Waals surface area contributed by atoms with E-state index in [1.54, 1.807) is 0 Å². The van der Waals surface area contributed by atoms with E-state index in [4.69, 9.17) is 0 Å². The minimum absolute atomic E-state index is 0.125. The predicted octanol–water partition coefficient (Wildman–Crippen LogP) is 3.93. The van der Waals surface area contributed by atoms with Gasteiger partial charge < -0.3 is 4.40 Å². The zero-order chi connectivity index (χ0) is 12.8. The van der Waals surface area contributed by atoms with Crippen molar-refractivity contribution in [1.82, 2.24) is 9.38 Å². The molecule has 0 aliphatic rings. The van der Waals surface area contributed by atoms with Gasteiger partial charge in [0.25, 0.3) is 0 Å². The van der Waals surface area contributed by atoms with Gasteiger partial charge in [0.05, 0.1) is 18.0 Å². The number of aromatic nitrogens is 2. The van der Waals surface area contributed by atoms with Crippen molar-refractivity contribution in [2.75, 3.05) is 0 Å². The molecule has 0 amide bonds. The largest absolute Gasteiger partial charge is 0.303 e. The Bertz CT molecular complexity index is 536. The Balaban J connectivity index is 2.76. The van der Waals surface area contributed by atoms with E-state index in [0.29, 0.717) is 0 Å².